The van der Waals surface area contributed by atoms with Crippen LogP contribution in [0.5, 0.6) is 0 Å². The fourth-order valence-corrected chi connectivity index (χ4v) is 3.66. The van der Waals surface area contributed by atoms with Crippen LogP contribution in [-0.2, 0) is 16.0 Å². The number of nitrogens with one attached hydrogen (secondary N) is 1. The van der Waals surface area contributed by atoms with Crippen LogP contribution < -0.4 is 5.32 Å². The Kier molecular flexibility index (Phi) is 4.93. The Labute approximate surface area is 153 Å². The third-order valence-corrected chi connectivity index (χ3v) is 5.07. The molecule has 1 unspecified atom stereocenters. The van der Waals surface area contributed by atoms with Gasteiger partial charge in [-0.2, -0.15) is 0 Å². The van der Waals surface area contributed by atoms with Crippen LogP contribution in [0, 0.1) is 0 Å². The number of aromatic nitrogens is 6. The van der Waals surface area contributed by atoms with Crippen molar-refractivity contribution in [3.63, 3.8) is 0 Å². The maximum atomic E-state index is 12.8. The summed E-state index contributed by atoms with van der Waals surface area (Å²) in [4.78, 5) is 12.8. The molecule has 0 saturated carbocycles. The topological polar surface area (TPSA) is 108 Å². The van der Waals surface area contributed by atoms with Crippen LogP contribution in [0.15, 0.2) is 36.7 Å². The minimum Gasteiger partial charge on any atom is -0.371 e. The van der Waals surface area contributed by atoms with Crippen molar-refractivity contribution in [3.05, 3.63) is 47.2 Å². The number of ether oxygens (including phenoxy) is 1. The Morgan fingerprint density at radius 1 is 1.35 bits per heavy atom. The number of tetrazole rings is 1. The average molecular weight is 371 g/mol. The molecule has 2 aromatic heterocycles. The van der Waals surface area contributed by atoms with E-state index < -0.39 is 6.04 Å². The smallest absolute Gasteiger partial charge is 0.251 e. The standard InChI is InChI=1S/C16H17N7O2S/c24-14(18-16-20-19-15(26-16)13-7-4-8-25-13)12(23-10-17-21-22-23)9-11-5-2-1-3-6-11/h1-3,5-6,10,12-13H,4,7-9H2,(H,18,20,24)/t12-,13?/m0/s1. The Morgan fingerprint density at radius 3 is 2.96 bits per heavy atom. The minimum atomic E-state index is -0.581. The maximum absolute atomic E-state index is 12.8. The predicted octanol–water partition coefficient (Wildman–Crippen LogP) is 1.80. The van der Waals surface area contributed by atoms with E-state index in [2.05, 4.69) is 31.0 Å². The molecular formula is C16H17N7O2S. The number of rotatable bonds is 6. The van der Waals surface area contributed by atoms with Crippen molar-refractivity contribution in [1.82, 2.24) is 30.4 Å². The van der Waals surface area contributed by atoms with Crippen LogP contribution in [0.3, 0.4) is 0 Å². The predicted molar refractivity (Wildman–Crippen MR) is 93.5 cm³/mol. The molecule has 4 rings (SSSR count). The number of benzene rings is 1. The van der Waals surface area contributed by atoms with Gasteiger partial charge < -0.3 is 4.74 Å². The molecule has 134 valence electrons. The molecule has 26 heavy (non-hydrogen) atoms. The third-order valence-electron chi connectivity index (χ3n) is 4.13. The Hall–Kier alpha value is -2.72. The second-order valence-electron chi connectivity index (χ2n) is 5.93. The lowest BCUT2D eigenvalue weighted by atomic mass is 10.1. The van der Waals surface area contributed by atoms with Gasteiger partial charge in [0, 0.05) is 13.0 Å². The SMILES string of the molecule is O=C(Nc1nnc(C2CCCO2)s1)[C@H](Cc1ccccc1)n1cnnn1. The first-order valence-electron chi connectivity index (χ1n) is 8.32. The first-order valence-corrected chi connectivity index (χ1v) is 9.13. The summed E-state index contributed by atoms with van der Waals surface area (Å²) in [6.45, 7) is 0.740. The number of hydrogen-bond acceptors (Lipinski definition) is 8. The molecule has 0 bridgehead atoms. The van der Waals surface area contributed by atoms with Crippen LogP contribution in [0.1, 0.15) is 35.6 Å². The van der Waals surface area contributed by atoms with Crippen molar-refractivity contribution < 1.29 is 9.53 Å². The quantitative estimate of drug-likeness (QED) is 0.704. The number of amides is 1. The van der Waals surface area contributed by atoms with Gasteiger partial charge in [0.15, 0.2) is 0 Å². The number of nitrogens with zero attached hydrogens (tertiary/aromatic N) is 6. The largest absolute Gasteiger partial charge is 0.371 e. The van der Waals surface area contributed by atoms with Gasteiger partial charge in [0.2, 0.25) is 5.13 Å². The normalized spacial score (nSPS) is 17.9. The molecule has 1 amide bonds. The van der Waals surface area contributed by atoms with Crippen LogP contribution in [-0.4, -0.2) is 42.9 Å². The number of carbonyl (C=O) groups is 1. The lowest BCUT2D eigenvalue weighted by Crippen LogP contribution is -2.28. The fourth-order valence-electron chi connectivity index (χ4n) is 2.83. The first-order chi connectivity index (χ1) is 12.8. The molecule has 9 nitrogen and oxygen atoms in total. The summed E-state index contributed by atoms with van der Waals surface area (Å²) < 4.78 is 7.06. The van der Waals surface area contributed by atoms with Gasteiger partial charge in [-0.1, -0.05) is 41.7 Å². The molecule has 1 aliphatic heterocycles. The highest BCUT2D eigenvalue weighted by molar-refractivity contribution is 7.15. The zero-order chi connectivity index (χ0) is 17.8. The van der Waals surface area contributed by atoms with Gasteiger partial charge in [-0.25, -0.2) is 4.68 Å². The Balaban J connectivity index is 1.49. The molecule has 1 aromatic carbocycles. The van der Waals surface area contributed by atoms with E-state index in [1.807, 2.05) is 30.3 Å². The van der Waals surface area contributed by atoms with Gasteiger partial charge in [-0.15, -0.1) is 15.3 Å². The zero-order valence-corrected chi connectivity index (χ0v) is 14.7. The van der Waals surface area contributed by atoms with Gasteiger partial charge in [0.25, 0.3) is 5.91 Å². The molecule has 3 aromatic rings. The summed E-state index contributed by atoms with van der Waals surface area (Å²) >= 11 is 1.34. The van der Waals surface area contributed by atoms with Crippen molar-refractivity contribution in [2.45, 2.75) is 31.4 Å². The summed E-state index contributed by atoms with van der Waals surface area (Å²) in [6, 6.07) is 9.15. The number of carbonyl (C=O) groups excluding carboxylic acids is 1. The highest BCUT2D eigenvalue weighted by atomic mass is 32.1. The molecule has 1 aliphatic rings. The molecule has 0 aliphatic carbocycles. The summed E-state index contributed by atoms with van der Waals surface area (Å²) in [5, 5.41) is 23.4. The van der Waals surface area contributed by atoms with Gasteiger partial charge in [0.05, 0.1) is 0 Å². The van der Waals surface area contributed by atoms with E-state index in [1.165, 1.54) is 22.3 Å². The van der Waals surface area contributed by atoms with Gasteiger partial charge in [0.1, 0.15) is 23.5 Å². The van der Waals surface area contributed by atoms with E-state index in [-0.39, 0.29) is 12.0 Å². The van der Waals surface area contributed by atoms with E-state index in [0.29, 0.717) is 11.6 Å². The number of anilines is 1. The van der Waals surface area contributed by atoms with Crippen molar-refractivity contribution in [3.8, 4) is 0 Å². The maximum Gasteiger partial charge on any atom is 0.251 e. The van der Waals surface area contributed by atoms with E-state index in [0.717, 1.165) is 30.0 Å². The van der Waals surface area contributed by atoms with Crippen molar-refractivity contribution in [2.75, 3.05) is 11.9 Å². The van der Waals surface area contributed by atoms with Crippen LogP contribution >= 0.6 is 11.3 Å². The van der Waals surface area contributed by atoms with Crippen LogP contribution in [0.4, 0.5) is 5.13 Å². The highest BCUT2D eigenvalue weighted by Crippen LogP contribution is 2.32. The van der Waals surface area contributed by atoms with Crippen molar-refractivity contribution >= 4 is 22.4 Å². The van der Waals surface area contributed by atoms with Crippen LogP contribution in [0.25, 0.3) is 0 Å². The van der Waals surface area contributed by atoms with Crippen molar-refractivity contribution in [1.29, 1.82) is 0 Å². The van der Waals surface area contributed by atoms with E-state index in [1.54, 1.807) is 0 Å². The second-order valence-corrected chi connectivity index (χ2v) is 6.94. The molecule has 1 fully saturated rings. The van der Waals surface area contributed by atoms with E-state index in [9.17, 15) is 4.79 Å². The molecule has 0 radical (unpaired) electrons. The van der Waals surface area contributed by atoms with Gasteiger partial charge >= 0.3 is 0 Å². The Morgan fingerprint density at radius 2 is 2.23 bits per heavy atom. The van der Waals surface area contributed by atoms with Gasteiger partial charge in [-0.05, 0) is 28.8 Å². The number of hydrogen-bond donors (Lipinski definition) is 1. The fraction of sp³-hybridized carbons (Fsp3) is 0.375. The van der Waals surface area contributed by atoms with Crippen LogP contribution in [0.2, 0.25) is 0 Å². The lowest BCUT2D eigenvalue weighted by Gasteiger charge is -2.15. The summed E-state index contributed by atoms with van der Waals surface area (Å²) in [5.41, 5.74) is 1.01. The van der Waals surface area contributed by atoms with E-state index >= 15 is 0 Å². The third kappa shape index (κ3) is 3.75. The van der Waals surface area contributed by atoms with Crippen molar-refractivity contribution in [2.24, 2.45) is 0 Å². The lowest BCUT2D eigenvalue weighted by molar-refractivity contribution is -0.119. The Bertz CT molecular complexity index is 847. The van der Waals surface area contributed by atoms with Gasteiger partial charge in [-0.3, -0.25) is 10.1 Å². The first kappa shape index (κ1) is 16.7. The molecule has 1 N–H and O–H groups in total. The molecular weight excluding hydrogens is 354 g/mol. The minimum absolute atomic E-state index is 0.0159. The molecule has 2 atom stereocenters. The zero-order valence-electron chi connectivity index (χ0n) is 13.9. The summed E-state index contributed by atoms with van der Waals surface area (Å²) in [7, 11) is 0. The second kappa shape index (κ2) is 7.67. The highest BCUT2D eigenvalue weighted by Gasteiger charge is 2.26. The summed E-state index contributed by atoms with van der Waals surface area (Å²) in [5.74, 6) is -0.240. The summed E-state index contributed by atoms with van der Waals surface area (Å²) in [6.07, 6.45) is 3.84. The molecule has 1 saturated heterocycles. The average Bonchev–Trinajstić information content (AvgIpc) is 3.41. The molecule has 0 spiro atoms. The monoisotopic (exact) mass is 371 g/mol. The molecule has 10 heteroatoms. The molecule has 3 heterocycles. The van der Waals surface area contributed by atoms with E-state index in [4.69, 9.17) is 4.74 Å².